The van der Waals surface area contributed by atoms with Crippen molar-refractivity contribution < 1.29 is 14.3 Å². The van der Waals surface area contributed by atoms with Crippen LogP contribution in [-0.2, 0) is 9.53 Å². The molecule has 1 atom stereocenters. The Bertz CT molecular complexity index is 557. The van der Waals surface area contributed by atoms with Gasteiger partial charge in [-0.25, -0.2) is 4.79 Å². The highest BCUT2D eigenvalue weighted by atomic mass is 16.5. The van der Waals surface area contributed by atoms with Crippen LogP contribution in [0.4, 0.5) is 5.69 Å². The lowest BCUT2D eigenvalue weighted by Crippen LogP contribution is -2.38. The highest BCUT2D eigenvalue weighted by molar-refractivity contribution is 5.92. The van der Waals surface area contributed by atoms with E-state index >= 15 is 0 Å². The van der Waals surface area contributed by atoms with E-state index in [4.69, 9.17) is 10.5 Å². The number of hydrogen-bond donors (Lipinski definition) is 1. The Morgan fingerprint density at radius 2 is 2.00 bits per heavy atom. The number of carbonyl (C=O) groups excluding carboxylic acids is 2. The third kappa shape index (κ3) is 2.89. The maximum absolute atomic E-state index is 12.3. The molecule has 3 rings (SSSR count). The number of aromatic nitrogens is 1. The summed E-state index contributed by atoms with van der Waals surface area (Å²) >= 11 is 0. The number of carbonyl (C=O) groups is 2. The van der Waals surface area contributed by atoms with E-state index in [0.29, 0.717) is 17.4 Å². The van der Waals surface area contributed by atoms with Gasteiger partial charge in [-0.3, -0.25) is 4.79 Å². The third-order valence-electron chi connectivity index (χ3n) is 4.07. The first kappa shape index (κ1) is 14.0. The second kappa shape index (κ2) is 5.42. The Balaban J connectivity index is 1.66. The highest BCUT2D eigenvalue weighted by Crippen LogP contribution is 2.37. The predicted molar refractivity (Wildman–Crippen MR) is 77.8 cm³/mol. The summed E-state index contributed by atoms with van der Waals surface area (Å²) in [7, 11) is 0. The molecular weight excluding hydrogens is 270 g/mol. The van der Waals surface area contributed by atoms with E-state index in [0.717, 1.165) is 38.8 Å². The molecule has 1 amide bonds. The predicted octanol–water partition coefficient (Wildman–Crippen LogP) is 1.57. The molecule has 1 unspecified atom stereocenters. The minimum absolute atomic E-state index is 0.113. The zero-order valence-electron chi connectivity index (χ0n) is 12.2. The Morgan fingerprint density at radius 1 is 1.33 bits per heavy atom. The van der Waals surface area contributed by atoms with Crippen molar-refractivity contribution in [3.05, 3.63) is 18.0 Å². The Kier molecular flexibility index (Phi) is 3.61. The average molecular weight is 291 g/mol. The van der Waals surface area contributed by atoms with Crippen LogP contribution in [0.15, 0.2) is 12.3 Å². The van der Waals surface area contributed by atoms with Gasteiger partial charge in [-0.1, -0.05) is 0 Å². The van der Waals surface area contributed by atoms with Gasteiger partial charge in [0.25, 0.3) is 5.91 Å². The number of nitrogens with two attached hydrogens (primary N) is 1. The summed E-state index contributed by atoms with van der Waals surface area (Å²) in [6.45, 7) is 3.14. The Morgan fingerprint density at radius 3 is 2.62 bits per heavy atom. The molecule has 6 heteroatoms. The number of esters is 1. The van der Waals surface area contributed by atoms with Gasteiger partial charge in [-0.2, -0.15) is 0 Å². The molecule has 1 saturated carbocycles. The van der Waals surface area contributed by atoms with Gasteiger partial charge in [-0.15, -0.1) is 0 Å². The molecule has 2 fully saturated rings. The molecule has 0 spiro atoms. The van der Waals surface area contributed by atoms with Crippen molar-refractivity contribution in [2.24, 2.45) is 0 Å². The molecule has 0 radical (unpaired) electrons. The zero-order valence-corrected chi connectivity index (χ0v) is 12.2. The third-order valence-corrected chi connectivity index (χ3v) is 4.07. The van der Waals surface area contributed by atoms with E-state index in [9.17, 15) is 9.59 Å². The van der Waals surface area contributed by atoms with Crippen molar-refractivity contribution in [3.63, 3.8) is 0 Å². The van der Waals surface area contributed by atoms with Crippen molar-refractivity contribution in [3.8, 4) is 0 Å². The molecule has 2 aliphatic rings. The molecule has 1 saturated heterocycles. The Hall–Kier alpha value is -1.98. The monoisotopic (exact) mass is 291 g/mol. The summed E-state index contributed by atoms with van der Waals surface area (Å²) in [6.07, 6.45) is 5.16. The van der Waals surface area contributed by atoms with E-state index in [1.807, 2.05) is 4.57 Å². The smallest absolute Gasteiger partial charge is 0.355 e. The van der Waals surface area contributed by atoms with Crippen LogP contribution >= 0.6 is 0 Å². The lowest BCUT2D eigenvalue weighted by atomic mass is 10.3. The molecule has 2 N–H and O–H groups in total. The standard InChI is InChI=1S/C15H21N3O3/c1-10(14(19)17-6-2-3-7-17)21-15(20)13-8-11(16)9-18(13)12-4-5-12/h8-10,12H,2-7,16H2,1H3. The fourth-order valence-corrected chi connectivity index (χ4v) is 2.78. The first-order chi connectivity index (χ1) is 10.1. The quantitative estimate of drug-likeness (QED) is 0.854. The minimum atomic E-state index is -0.751. The van der Waals surface area contributed by atoms with E-state index < -0.39 is 12.1 Å². The van der Waals surface area contributed by atoms with Crippen LogP contribution < -0.4 is 5.73 Å². The van der Waals surface area contributed by atoms with E-state index in [-0.39, 0.29) is 5.91 Å². The van der Waals surface area contributed by atoms with Crippen molar-refractivity contribution in [2.75, 3.05) is 18.8 Å². The molecule has 0 bridgehead atoms. The summed E-state index contributed by atoms with van der Waals surface area (Å²) in [5, 5.41) is 0. The second-order valence-electron chi connectivity index (χ2n) is 5.88. The van der Waals surface area contributed by atoms with Crippen LogP contribution in [0.1, 0.15) is 49.1 Å². The average Bonchev–Trinajstić information content (AvgIpc) is 3.00. The number of anilines is 1. The number of nitrogens with zero attached hydrogens (tertiary/aromatic N) is 2. The second-order valence-corrected chi connectivity index (χ2v) is 5.88. The number of amides is 1. The number of ether oxygens (including phenoxy) is 1. The van der Waals surface area contributed by atoms with E-state index in [1.54, 1.807) is 24.1 Å². The first-order valence-corrected chi connectivity index (χ1v) is 7.53. The maximum Gasteiger partial charge on any atom is 0.355 e. The van der Waals surface area contributed by atoms with Gasteiger partial charge < -0.3 is 19.9 Å². The number of rotatable bonds is 4. The van der Waals surface area contributed by atoms with E-state index in [1.165, 1.54) is 0 Å². The largest absolute Gasteiger partial charge is 0.448 e. The van der Waals surface area contributed by atoms with Crippen LogP contribution in [0.2, 0.25) is 0 Å². The van der Waals surface area contributed by atoms with Crippen LogP contribution in [0.3, 0.4) is 0 Å². The molecule has 21 heavy (non-hydrogen) atoms. The molecule has 1 aliphatic carbocycles. The SMILES string of the molecule is CC(OC(=O)c1cc(N)cn1C1CC1)C(=O)N1CCCC1. The highest BCUT2D eigenvalue weighted by Gasteiger charge is 2.31. The fourth-order valence-electron chi connectivity index (χ4n) is 2.78. The van der Waals surface area contributed by atoms with Crippen molar-refractivity contribution in [1.29, 1.82) is 0 Å². The lowest BCUT2D eigenvalue weighted by Gasteiger charge is -2.20. The van der Waals surface area contributed by atoms with Crippen LogP contribution in [0, 0.1) is 0 Å². The summed E-state index contributed by atoms with van der Waals surface area (Å²) in [6, 6.07) is 1.96. The normalized spacial score (nSPS) is 19.6. The molecule has 6 nitrogen and oxygen atoms in total. The van der Waals surface area contributed by atoms with Gasteiger partial charge in [0.15, 0.2) is 6.10 Å². The van der Waals surface area contributed by atoms with Gasteiger partial charge in [0.1, 0.15) is 5.69 Å². The van der Waals surface area contributed by atoms with Crippen LogP contribution in [0.25, 0.3) is 0 Å². The summed E-state index contributed by atoms with van der Waals surface area (Å²) in [4.78, 5) is 26.2. The van der Waals surface area contributed by atoms with Gasteiger partial charge in [0, 0.05) is 25.3 Å². The van der Waals surface area contributed by atoms with Crippen LogP contribution in [0.5, 0.6) is 0 Å². The lowest BCUT2D eigenvalue weighted by molar-refractivity contribution is -0.138. The molecule has 114 valence electrons. The topological polar surface area (TPSA) is 77.6 Å². The molecule has 1 aromatic rings. The van der Waals surface area contributed by atoms with Gasteiger partial charge in [0.05, 0.1) is 5.69 Å². The summed E-state index contributed by atoms with van der Waals surface area (Å²) in [5.41, 5.74) is 6.76. The molecule has 0 aromatic carbocycles. The molecular formula is C15H21N3O3. The maximum atomic E-state index is 12.3. The van der Waals surface area contributed by atoms with Gasteiger partial charge in [0.2, 0.25) is 0 Å². The summed E-state index contributed by atoms with van der Waals surface area (Å²) < 4.78 is 7.20. The van der Waals surface area contributed by atoms with Crippen LogP contribution in [-0.4, -0.2) is 40.5 Å². The molecule has 1 aliphatic heterocycles. The summed E-state index contributed by atoms with van der Waals surface area (Å²) in [5.74, 6) is -0.586. The number of likely N-dealkylation sites (tertiary alicyclic amines) is 1. The van der Waals surface area contributed by atoms with Crippen molar-refractivity contribution >= 4 is 17.6 Å². The first-order valence-electron chi connectivity index (χ1n) is 7.53. The van der Waals surface area contributed by atoms with Crippen molar-refractivity contribution in [1.82, 2.24) is 9.47 Å². The molecule has 2 heterocycles. The fraction of sp³-hybridized carbons (Fsp3) is 0.600. The minimum Gasteiger partial charge on any atom is -0.448 e. The zero-order chi connectivity index (χ0) is 15.0. The number of hydrogen-bond acceptors (Lipinski definition) is 4. The van der Waals surface area contributed by atoms with Gasteiger partial charge >= 0.3 is 5.97 Å². The number of nitrogen functional groups attached to an aromatic ring is 1. The molecule has 1 aromatic heterocycles. The van der Waals surface area contributed by atoms with Crippen molar-refractivity contribution in [2.45, 2.75) is 44.8 Å². The van der Waals surface area contributed by atoms with Gasteiger partial charge in [-0.05, 0) is 38.7 Å². The van der Waals surface area contributed by atoms with E-state index in [2.05, 4.69) is 0 Å². The Labute approximate surface area is 123 Å².